The van der Waals surface area contributed by atoms with E-state index in [9.17, 15) is 4.79 Å². The predicted octanol–water partition coefficient (Wildman–Crippen LogP) is 2.22. The van der Waals surface area contributed by atoms with E-state index in [0.717, 1.165) is 16.0 Å². The van der Waals surface area contributed by atoms with Crippen molar-refractivity contribution in [3.63, 3.8) is 0 Å². The largest absolute Gasteiger partial charge is 0.497 e. The standard InChI is InChI=1S/C12H12N2O2S/c1-3-6-13-11(15)12-14-9-7-8(16-2)4-5-10(9)17-12/h3-5,7H,1,6H2,2H3,(H,13,15). The Kier molecular flexibility index (Phi) is 3.39. The van der Waals surface area contributed by atoms with E-state index in [0.29, 0.717) is 11.6 Å². The SMILES string of the molecule is C=CCNC(=O)c1nc2cc(OC)ccc2s1. The minimum absolute atomic E-state index is 0.176. The van der Waals surface area contributed by atoms with Crippen LogP contribution in [-0.2, 0) is 0 Å². The van der Waals surface area contributed by atoms with Crippen molar-refractivity contribution in [2.75, 3.05) is 13.7 Å². The fourth-order valence-electron chi connectivity index (χ4n) is 1.37. The van der Waals surface area contributed by atoms with Gasteiger partial charge in [-0.15, -0.1) is 17.9 Å². The molecule has 2 rings (SSSR count). The van der Waals surface area contributed by atoms with Crippen molar-refractivity contribution in [1.82, 2.24) is 10.3 Å². The number of nitrogens with one attached hydrogen (secondary N) is 1. The number of carbonyl (C=O) groups excluding carboxylic acids is 1. The van der Waals surface area contributed by atoms with Crippen LogP contribution in [0.2, 0.25) is 0 Å². The molecule has 0 bridgehead atoms. The van der Waals surface area contributed by atoms with E-state index in [-0.39, 0.29) is 5.91 Å². The molecule has 0 aliphatic heterocycles. The summed E-state index contributed by atoms with van der Waals surface area (Å²) in [5.74, 6) is 0.561. The van der Waals surface area contributed by atoms with E-state index >= 15 is 0 Å². The Morgan fingerprint density at radius 3 is 3.18 bits per heavy atom. The number of ether oxygens (including phenoxy) is 1. The van der Waals surface area contributed by atoms with Crippen molar-refractivity contribution >= 4 is 27.5 Å². The molecule has 0 aliphatic rings. The third kappa shape index (κ3) is 2.45. The Morgan fingerprint density at radius 2 is 2.47 bits per heavy atom. The Morgan fingerprint density at radius 1 is 1.65 bits per heavy atom. The van der Waals surface area contributed by atoms with Gasteiger partial charge in [-0.1, -0.05) is 6.08 Å². The molecule has 0 aliphatic carbocycles. The lowest BCUT2D eigenvalue weighted by atomic mass is 10.3. The van der Waals surface area contributed by atoms with Crippen LogP contribution in [0.3, 0.4) is 0 Å². The Hall–Kier alpha value is -1.88. The zero-order valence-corrected chi connectivity index (χ0v) is 10.2. The Labute approximate surface area is 103 Å². The number of thiazole rings is 1. The number of rotatable bonds is 4. The van der Waals surface area contributed by atoms with Gasteiger partial charge < -0.3 is 10.1 Å². The minimum atomic E-state index is -0.176. The molecule has 1 aromatic heterocycles. The summed E-state index contributed by atoms with van der Waals surface area (Å²) >= 11 is 1.36. The van der Waals surface area contributed by atoms with Gasteiger partial charge in [0.05, 0.1) is 17.3 Å². The van der Waals surface area contributed by atoms with Gasteiger partial charge >= 0.3 is 0 Å². The molecule has 0 radical (unpaired) electrons. The molecule has 88 valence electrons. The van der Waals surface area contributed by atoms with Gasteiger partial charge in [0.15, 0.2) is 5.01 Å². The van der Waals surface area contributed by atoms with Crippen LogP contribution in [-0.4, -0.2) is 24.5 Å². The maximum atomic E-state index is 11.7. The summed E-state index contributed by atoms with van der Waals surface area (Å²) in [6.45, 7) is 3.99. The maximum absolute atomic E-state index is 11.7. The smallest absolute Gasteiger partial charge is 0.280 e. The first kappa shape index (κ1) is 11.6. The van der Waals surface area contributed by atoms with Gasteiger partial charge in [-0.25, -0.2) is 4.98 Å². The number of hydrogen-bond donors (Lipinski definition) is 1. The van der Waals surface area contributed by atoms with E-state index in [1.165, 1.54) is 11.3 Å². The van der Waals surface area contributed by atoms with E-state index in [2.05, 4.69) is 16.9 Å². The Balaban J connectivity index is 2.30. The van der Waals surface area contributed by atoms with E-state index in [1.807, 2.05) is 18.2 Å². The number of aromatic nitrogens is 1. The van der Waals surface area contributed by atoms with Crippen molar-refractivity contribution in [3.8, 4) is 5.75 Å². The van der Waals surface area contributed by atoms with Crippen LogP contribution < -0.4 is 10.1 Å². The molecule has 0 spiro atoms. The van der Waals surface area contributed by atoms with E-state index < -0.39 is 0 Å². The first-order valence-corrected chi connectivity index (χ1v) is 5.90. The third-order valence-electron chi connectivity index (χ3n) is 2.20. The number of carbonyl (C=O) groups is 1. The minimum Gasteiger partial charge on any atom is -0.497 e. The highest BCUT2D eigenvalue weighted by Crippen LogP contribution is 2.25. The van der Waals surface area contributed by atoms with Crippen molar-refractivity contribution in [2.24, 2.45) is 0 Å². The van der Waals surface area contributed by atoms with Crippen LogP contribution in [0.1, 0.15) is 9.80 Å². The number of benzene rings is 1. The normalized spacial score (nSPS) is 10.2. The van der Waals surface area contributed by atoms with Gasteiger partial charge in [0.2, 0.25) is 0 Å². The fraction of sp³-hybridized carbons (Fsp3) is 0.167. The van der Waals surface area contributed by atoms with Crippen LogP contribution >= 0.6 is 11.3 Å². The first-order valence-electron chi connectivity index (χ1n) is 5.08. The van der Waals surface area contributed by atoms with Crippen LogP contribution in [0, 0.1) is 0 Å². The molecule has 1 amide bonds. The quantitative estimate of drug-likeness (QED) is 0.844. The lowest BCUT2D eigenvalue weighted by Crippen LogP contribution is -2.22. The predicted molar refractivity (Wildman–Crippen MR) is 68.7 cm³/mol. The summed E-state index contributed by atoms with van der Waals surface area (Å²) in [5, 5.41) is 3.15. The monoisotopic (exact) mass is 248 g/mol. The lowest BCUT2D eigenvalue weighted by Gasteiger charge is -1.96. The summed E-state index contributed by atoms with van der Waals surface area (Å²) in [5.41, 5.74) is 0.776. The molecule has 0 unspecified atom stereocenters. The molecule has 0 fully saturated rings. The van der Waals surface area contributed by atoms with E-state index in [4.69, 9.17) is 4.74 Å². The second-order valence-corrected chi connectivity index (χ2v) is 4.38. The highest BCUT2D eigenvalue weighted by atomic mass is 32.1. The van der Waals surface area contributed by atoms with Crippen molar-refractivity contribution in [1.29, 1.82) is 0 Å². The zero-order valence-electron chi connectivity index (χ0n) is 9.40. The van der Waals surface area contributed by atoms with Gasteiger partial charge in [-0.2, -0.15) is 0 Å². The molecule has 1 N–H and O–H groups in total. The van der Waals surface area contributed by atoms with Gasteiger partial charge in [-0.3, -0.25) is 4.79 Å². The average Bonchev–Trinajstić information content (AvgIpc) is 2.78. The molecule has 0 saturated carbocycles. The van der Waals surface area contributed by atoms with Crippen molar-refractivity contribution in [2.45, 2.75) is 0 Å². The second kappa shape index (κ2) is 4.97. The molecule has 17 heavy (non-hydrogen) atoms. The number of methoxy groups -OCH3 is 1. The molecular formula is C12H12N2O2S. The summed E-state index contributed by atoms with van der Waals surface area (Å²) in [6, 6.07) is 5.57. The molecule has 2 aromatic rings. The van der Waals surface area contributed by atoms with E-state index in [1.54, 1.807) is 13.2 Å². The number of amides is 1. The zero-order chi connectivity index (χ0) is 12.3. The maximum Gasteiger partial charge on any atom is 0.280 e. The van der Waals surface area contributed by atoms with Crippen molar-refractivity contribution < 1.29 is 9.53 Å². The summed E-state index contributed by atoms with van der Waals surface area (Å²) in [6.07, 6.45) is 1.63. The Bertz CT molecular complexity index is 563. The second-order valence-electron chi connectivity index (χ2n) is 3.35. The third-order valence-corrected chi connectivity index (χ3v) is 3.23. The molecule has 4 nitrogen and oxygen atoms in total. The fourth-order valence-corrected chi connectivity index (χ4v) is 2.23. The van der Waals surface area contributed by atoms with Crippen LogP contribution in [0.15, 0.2) is 30.9 Å². The van der Waals surface area contributed by atoms with Crippen molar-refractivity contribution in [3.05, 3.63) is 35.9 Å². The van der Waals surface area contributed by atoms with Gasteiger partial charge in [-0.05, 0) is 12.1 Å². The van der Waals surface area contributed by atoms with Gasteiger partial charge in [0.1, 0.15) is 5.75 Å². The average molecular weight is 248 g/mol. The van der Waals surface area contributed by atoms with Gasteiger partial charge in [0.25, 0.3) is 5.91 Å². The number of nitrogens with zero attached hydrogens (tertiary/aromatic N) is 1. The molecule has 5 heteroatoms. The van der Waals surface area contributed by atoms with Crippen LogP contribution in [0.5, 0.6) is 5.75 Å². The highest BCUT2D eigenvalue weighted by Gasteiger charge is 2.11. The summed E-state index contributed by atoms with van der Waals surface area (Å²) in [7, 11) is 1.60. The highest BCUT2D eigenvalue weighted by molar-refractivity contribution is 7.20. The molecule has 1 aromatic carbocycles. The first-order chi connectivity index (χ1) is 8.24. The topological polar surface area (TPSA) is 51.2 Å². The van der Waals surface area contributed by atoms with Crippen LogP contribution in [0.25, 0.3) is 10.2 Å². The number of fused-ring (bicyclic) bond motifs is 1. The molecule has 0 saturated heterocycles. The molecule has 1 heterocycles. The van der Waals surface area contributed by atoms with Crippen LogP contribution in [0.4, 0.5) is 0 Å². The summed E-state index contributed by atoms with van der Waals surface area (Å²) in [4.78, 5) is 16.0. The molecule has 0 atom stereocenters. The van der Waals surface area contributed by atoms with Gasteiger partial charge in [0, 0.05) is 12.6 Å². The summed E-state index contributed by atoms with van der Waals surface area (Å²) < 4.78 is 6.07. The lowest BCUT2D eigenvalue weighted by molar-refractivity contribution is 0.0958. The molecular weight excluding hydrogens is 236 g/mol. The number of hydrogen-bond acceptors (Lipinski definition) is 4.